The largest absolute Gasteiger partial charge is 0.462 e. The van der Waals surface area contributed by atoms with Gasteiger partial charge in [0, 0.05) is 19.3 Å². The monoisotopic (exact) mass is 1010 g/mol. The lowest BCUT2D eigenvalue weighted by Gasteiger charge is -2.18. The molecule has 418 valence electrons. The molecule has 0 aliphatic carbocycles. The molecule has 0 saturated carbocycles. The molecule has 0 aliphatic heterocycles. The van der Waals surface area contributed by atoms with Crippen molar-refractivity contribution in [3.8, 4) is 0 Å². The Hall–Kier alpha value is -3.67. The van der Waals surface area contributed by atoms with Crippen molar-refractivity contribution in [1.82, 2.24) is 0 Å². The lowest BCUT2D eigenvalue weighted by atomic mass is 10.0. The number of carbonyl (C=O) groups is 3. The fraction of sp³-hybridized carbons (Fsp3) is 0.716. The second-order valence-electron chi connectivity index (χ2n) is 20.2. The van der Waals surface area contributed by atoms with Gasteiger partial charge in [-0.15, -0.1) is 0 Å². The second-order valence-corrected chi connectivity index (χ2v) is 20.2. The highest BCUT2D eigenvalue weighted by Gasteiger charge is 2.19. The van der Waals surface area contributed by atoms with E-state index in [1.165, 1.54) is 128 Å². The van der Waals surface area contributed by atoms with Gasteiger partial charge in [0.2, 0.25) is 0 Å². The molecule has 0 saturated heterocycles. The van der Waals surface area contributed by atoms with Gasteiger partial charge in [0.25, 0.3) is 0 Å². The molecular formula is C67H114O6. The molecule has 0 aliphatic rings. The van der Waals surface area contributed by atoms with E-state index in [-0.39, 0.29) is 31.1 Å². The van der Waals surface area contributed by atoms with Gasteiger partial charge in [-0.3, -0.25) is 14.4 Å². The Bertz CT molecular complexity index is 1440. The summed E-state index contributed by atoms with van der Waals surface area (Å²) in [6.07, 6.45) is 81.5. The zero-order valence-corrected chi connectivity index (χ0v) is 47.9. The minimum absolute atomic E-state index is 0.0818. The number of ether oxygens (including phenoxy) is 3. The summed E-state index contributed by atoms with van der Waals surface area (Å²) in [4.78, 5) is 38.0. The summed E-state index contributed by atoms with van der Waals surface area (Å²) in [5, 5.41) is 0. The van der Waals surface area contributed by atoms with Gasteiger partial charge in [0.1, 0.15) is 13.2 Å². The number of hydrogen-bond acceptors (Lipinski definition) is 6. The van der Waals surface area contributed by atoms with E-state index in [1.54, 1.807) is 0 Å². The fourth-order valence-electron chi connectivity index (χ4n) is 8.44. The first kappa shape index (κ1) is 69.3. The number of allylic oxidation sites excluding steroid dienone is 16. The van der Waals surface area contributed by atoms with Crippen LogP contribution >= 0.6 is 0 Å². The third-order valence-electron chi connectivity index (χ3n) is 13.0. The van der Waals surface area contributed by atoms with Crippen LogP contribution in [0.2, 0.25) is 0 Å². The van der Waals surface area contributed by atoms with Crippen molar-refractivity contribution in [2.75, 3.05) is 13.2 Å². The minimum atomic E-state index is -0.783. The smallest absolute Gasteiger partial charge is 0.306 e. The molecule has 0 spiro atoms. The quantitative estimate of drug-likeness (QED) is 0.0261. The van der Waals surface area contributed by atoms with Crippen LogP contribution in [-0.2, 0) is 28.6 Å². The standard InChI is InChI=1S/C67H114O6/c1-4-7-10-13-16-19-22-24-25-26-27-28-29-30-31-32-33-34-35-36-37-38-39-40-41-42-43-44-46-48-51-54-57-60-66(69)72-63-64(62-71-65(68)59-56-53-50-47-21-18-15-12-9-6-3)73-67(70)61-58-55-52-49-45-23-20-17-14-11-8-5-2/h7,10,12,15-17,19-20,24-25,27-28,30-31,33-34,64H,4-6,8-9,11,13-14,18,21-23,26,29,32,35-63H2,1-3H3/b10-7-,15-12-,19-16-,20-17-,25-24-,28-27-,31-30-,34-33-. The van der Waals surface area contributed by atoms with E-state index in [9.17, 15) is 14.4 Å². The van der Waals surface area contributed by atoms with Gasteiger partial charge in [-0.25, -0.2) is 0 Å². The molecule has 1 unspecified atom stereocenters. The predicted octanol–water partition coefficient (Wildman–Crippen LogP) is 20.9. The number of hydrogen-bond donors (Lipinski definition) is 0. The molecule has 6 heteroatoms. The first-order chi connectivity index (χ1) is 36.0. The van der Waals surface area contributed by atoms with E-state index in [0.717, 1.165) is 122 Å². The Morgan fingerprint density at radius 1 is 0.288 bits per heavy atom. The van der Waals surface area contributed by atoms with E-state index in [4.69, 9.17) is 14.2 Å². The number of unbranched alkanes of at least 4 members (excludes halogenated alkanes) is 28. The van der Waals surface area contributed by atoms with Crippen molar-refractivity contribution in [1.29, 1.82) is 0 Å². The summed E-state index contributed by atoms with van der Waals surface area (Å²) >= 11 is 0. The molecule has 0 radical (unpaired) electrons. The van der Waals surface area contributed by atoms with Crippen LogP contribution in [-0.4, -0.2) is 37.2 Å². The van der Waals surface area contributed by atoms with Gasteiger partial charge in [-0.1, -0.05) is 253 Å². The van der Waals surface area contributed by atoms with Crippen molar-refractivity contribution in [2.24, 2.45) is 0 Å². The van der Waals surface area contributed by atoms with Crippen molar-refractivity contribution in [2.45, 2.75) is 297 Å². The van der Waals surface area contributed by atoms with E-state index in [0.29, 0.717) is 19.3 Å². The van der Waals surface area contributed by atoms with Gasteiger partial charge in [0.05, 0.1) is 0 Å². The minimum Gasteiger partial charge on any atom is -0.462 e. The summed E-state index contributed by atoms with van der Waals surface area (Å²) in [6, 6.07) is 0. The summed E-state index contributed by atoms with van der Waals surface area (Å²) in [7, 11) is 0. The Labute approximate surface area is 451 Å². The Kier molecular flexibility index (Phi) is 57.8. The molecule has 0 bridgehead atoms. The van der Waals surface area contributed by atoms with Gasteiger partial charge < -0.3 is 14.2 Å². The predicted molar refractivity (Wildman–Crippen MR) is 316 cm³/mol. The summed E-state index contributed by atoms with van der Waals surface area (Å²) < 4.78 is 16.8. The van der Waals surface area contributed by atoms with Crippen LogP contribution in [0.5, 0.6) is 0 Å². The van der Waals surface area contributed by atoms with Crippen LogP contribution in [0.3, 0.4) is 0 Å². The highest BCUT2D eigenvalue weighted by molar-refractivity contribution is 5.71. The first-order valence-electron chi connectivity index (χ1n) is 30.7. The normalized spacial score (nSPS) is 12.8. The van der Waals surface area contributed by atoms with Gasteiger partial charge in [0.15, 0.2) is 6.10 Å². The maximum absolute atomic E-state index is 12.8. The molecule has 0 amide bonds. The molecule has 0 aromatic carbocycles. The second kappa shape index (κ2) is 60.9. The van der Waals surface area contributed by atoms with E-state index in [2.05, 4.69) is 118 Å². The van der Waals surface area contributed by atoms with Crippen LogP contribution in [0.4, 0.5) is 0 Å². The molecule has 0 N–H and O–H groups in total. The lowest BCUT2D eigenvalue weighted by molar-refractivity contribution is -0.167. The first-order valence-corrected chi connectivity index (χ1v) is 30.7. The number of esters is 3. The zero-order chi connectivity index (χ0) is 52.9. The van der Waals surface area contributed by atoms with Gasteiger partial charge >= 0.3 is 17.9 Å². The van der Waals surface area contributed by atoms with Crippen LogP contribution in [0.1, 0.15) is 290 Å². The van der Waals surface area contributed by atoms with E-state index in [1.807, 2.05) is 0 Å². The van der Waals surface area contributed by atoms with E-state index >= 15 is 0 Å². The molecule has 0 rings (SSSR count). The topological polar surface area (TPSA) is 78.9 Å². The van der Waals surface area contributed by atoms with Crippen LogP contribution in [0.25, 0.3) is 0 Å². The van der Waals surface area contributed by atoms with Crippen LogP contribution in [0, 0.1) is 0 Å². The fourth-order valence-corrected chi connectivity index (χ4v) is 8.44. The van der Waals surface area contributed by atoms with Gasteiger partial charge in [-0.05, 0) is 116 Å². The third-order valence-corrected chi connectivity index (χ3v) is 13.0. The maximum atomic E-state index is 12.8. The summed E-state index contributed by atoms with van der Waals surface area (Å²) in [6.45, 7) is 6.43. The van der Waals surface area contributed by atoms with Crippen LogP contribution in [0.15, 0.2) is 97.2 Å². The molecule has 0 aromatic heterocycles. The molecule has 6 nitrogen and oxygen atoms in total. The lowest BCUT2D eigenvalue weighted by Crippen LogP contribution is -2.30. The highest BCUT2D eigenvalue weighted by atomic mass is 16.6. The van der Waals surface area contributed by atoms with Crippen molar-refractivity contribution < 1.29 is 28.6 Å². The van der Waals surface area contributed by atoms with Crippen molar-refractivity contribution in [3.63, 3.8) is 0 Å². The average Bonchev–Trinajstić information content (AvgIpc) is 3.39. The SMILES string of the molecule is CC/C=C\C/C=C\C/C=C\C/C=C\C/C=C\C/C=C\CCCCCCCCCCCCCCCCC(=O)OCC(COC(=O)CCCCCCC/C=C\CCC)OC(=O)CCCCCCC/C=C\CCCCC. The summed E-state index contributed by atoms with van der Waals surface area (Å²) in [5.74, 6) is -0.898. The molecule has 0 heterocycles. The highest BCUT2D eigenvalue weighted by Crippen LogP contribution is 2.16. The molecule has 0 fully saturated rings. The molecular weight excluding hydrogens is 901 g/mol. The molecule has 1 atom stereocenters. The van der Waals surface area contributed by atoms with Gasteiger partial charge in [-0.2, -0.15) is 0 Å². The Balaban J connectivity index is 4.09. The van der Waals surface area contributed by atoms with E-state index < -0.39 is 6.10 Å². The van der Waals surface area contributed by atoms with Crippen LogP contribution < -0.4 is 0 Å². The number of rotatable bonds is 55. The average molecular weight is 1020 g/mol. The number of carbonyl (C=O) groups excluding carboxylic acids is 3. The zero-order valence-electron chi connectivity index (χ0n) is 47.9. The van der Waals surface area contributed by atoms with Crippen molar-refractivity contribution >= 4 is 17.9 Å². The molecule has 0 aromatic rings. The Morgan fingerprint density at radius 2 is 0.562 bits per heavy atom. The molecule has 73 heavy (non-hydrogen) atoms. The van der Waals surface area contributed by atoms with Crippen molar-refractivity contribution in [3.05, 3.63) is 97.2 Å². The maximum Gasteiger partial charge on any atom is 0.306 e. The third kappa shape index (κ3) is 59.1. The Morgan fingerprint density at radius 3 is 0.904 bits per heavy atom. The summed E-state index contributed by atoms with van der Waals surface area (Å²) in [5.41, 5.74) is 0.